The van der Waals surface area contributed by atoms with Crippen molar-refractivity contribution in [3.8, 4) is 5.75 Å². The highest BCUT2D eigenvalue weighted by Gasteiger charge is 2.40. The molecule has 0 atom stereocenters. The van der Waals surface area contributed by atoms with Gasteiger partial charge in [-0.05, 0) is 30.0 Å². The fraction of sp³-hybridized carbons (Fsp3) is 0.467. The van der Waals surface area contributed by atoms with Crippen LogP contribution in [0.5, 0.6) is 5.75 Å². The van der Waals surface area contributed by atoms with Gasteiger partial charge in [-0.1, -0.05) is 12.1 Å². The van der Waals surface area contributed by atoms with Crippen molar-refractivity contribution in [2.45, 2.75) is 22.6 Å². The van der Waals surface area contributed by atoms with Crippen molar-refractivity contribution in [3.05, 3.63) is 35.4 Å². The van der Waals surface area contributed by atoms with Gasteiger partial charge in [0.05, 0.1) is 10.2 Å². The average Bonchev–Trinajstić information content (AvgIpc) is 2.53. The molecule has 0 N–H and O–H groups in total. The summed E-state index contributed by atoms with van der Waals surface area (Å²) in [6.45, 7) is -2.96. The quantitative estimate of drug-likeness (QED) is 0.578. The highest BCUT2D eigenvalue weighted by Crippen LogP contribution is 2.45. The van der Waals surface area contributed by atoms with Gasteiger partial charge in [0.1, 0.15) is 5.75 Å². The molecule has 0 spiro atoms. The van der Waals surface area contributed by atoms with Crippen LogP contribution >= 0.6 is 35.3 Å². The molecule has 0 bridgehead atoms. The summed E-state index contributed by atoms with van der Waals surface area (Å²) >= 11 is 4.24. The smallest absolute Gasteiger partial charge is 0.414 e. The van der Waals surface area contributed by atoms with E-state index < -0.39 is 22.9 Å². The fourth-order valence-corrected chi connectivity index (χ4v) is 6.35. The van der Waals surface area contributed by atoms with E-state index in [1.165, 1.54) is 47.8 Å². The summed E-state index contributed by atoms with van der Waals surface area (Å²) in [7, 11) is 0. The van der Waals surface area contributed by atoms with E-state index in [0.29, 0.717) is 22.3 Å². The van der Waals surface area contributed by atoms with Gasteiger partial charge in [-0.25, -0.2) is 0 Å². The molecule has 9 heteroatoms. The minimum atomic E-state index is -4.44. The molecule has 1 fully saturated rings. The molecule has 1 heterocycles. The van der Waals surface area contributed by atoms with Gasteiger partial charge >= 0.3 is 12.8 Å². The topological polar surface area (TPSA) is 9.23 Å². The Balaban J connectivity index is 2.17. The molecule has 134 valence electrons. The molecule has 24 heavy (non-hydrogen) atoms. The number of hydrogen-bond acceptors (Lipinski definition) is 4. The van der Waals surface area contributed by atoms with Crippen molar-refractivity contribution in [2.24, 2.45) is 0 Å². The Morgan fingerprint density at radius 1 is 1.21 bits per heavy atom. The Morgan fingerprint density at radius 3 is 2.25 bits per heavy atom. The minimum Gasteiger partial charge on any atom is -0.435 e. The van der Waals surface area contributed by atoms with E-state index in [0.717, 1.165) is 6.08 Å². The Morgan fingerprint density at radius 2 is 1.79 bits per heavy atom. The first kappa shape index (κ1) is 19.8. The average molecular weight is 402 g/mol. The number of thioether (sulfide) groups is 3. The van der Waals surface area contributed by atoms with Crippen molar-refractivity contribution >= 4 is 41.4 Å². The van der Waals surface area contributed by atoms with Gasteiger partial charge in [-0.2, -0.15) is 33.7 Å². The Kier molecular flexibility index (Phi) is 7.18. The molecule has 0 saturated carbocycles. The van der Waals surface area contributed by atoms with Gasteiger partial charge in [-0.3, -0.25) is 0 Å². The summed E-state index contributed by atoms with van der Waals surface area (Å²) in [6.07, 6.45) is -1.40. The predicted octanol–water partition coefficient (Wildman–Crippen LogP) is 5.77. The first-order valence-electron chi connectivity index (χ1n) is 6.89. The highest BCUT2D eigenvalue weighted by atomic mass is 32.2. The van der Waals surface area contributed by atoms with E-state index in [1.807, 2.05) is 6.26 Å². The monoisotopic (exact) mass is 402 g/mol. The van der Waals surface area contributed by atoms with E-state index in [9.17, 15) is 22.0 Å². The van der Waals surface area contributed by atoms with E-state index >= 15 is 0 Å². The van der Waals surface area contributed by atoms with Crippen molar-refractivity contribution < 1.29 is 26.7 Å². The first-order valence-corrected chi connectivity index (χ1v) is 10.3. The highest BCUT2D eigenvalue weighted by molar-refractivity contribution is 8.19. The molecule has 0 unspecified atom stereocenters. The van der Waals surface area contributed by atoms with E-state index in [1.54, 1.807) is 11.8 Å². The maximum Gasteiger partial charge on any atom is 0.414 e. The van der Waals surface area contributed by atoms with Crippen LogP contribution in [0.15, 0.2) is 29.8 Å². The molecule has 1 nitrogen and oxygen atoms in total. The third kappa shape index (κ3) is 5.77. The summed E-state index contributed by atoms with van der Waals surface area (Å²) in [5.41, 5.74) is -0.309. The second-order valence-corrected chi connectivity index (χ2v) is 8.61. The van der Waals surface area contributed by atoms with Gasteiger partial charge in [0.2, 0.25) is 0 Å². The van der Waals surface area contributed by atoms with Crippen LogP contribution in [0.3, 0.4) is 0 Å². The van der Waals surface area contributed by atoms with E-state index in [-0.39, 0.29) is 5.75 Å². The lowest BCUT2D eigenvalue weighted by atomic mass is 10.1. The number of benzene rings is 1. The van der Waals surface area contributed by atoms with Gasteiger partial charge in [0.25, 0.3) is 0 Å². The summed E-state index contributed by atoms with van der Waals surface area (Å²) in [4.78, 5) is 0. The molecular weight excluding hydrogens is 387 g/mol. The molecule has 1 aliphatic rings. The summed E-state index contributed by atoms with van der Waals surface area (Å²) in [6, 6.07) is 5.15. The third-order valence-electron chi connectivity index (χ3n) is 3.21. The molecule has 1 saturated heterocycles. The van der Waals surface area contributed by atoms with Crippen molar-refractivity contribution in [1.82, 2.24) is 0 Å². The lowest BCUT2D eigenvalue weighted by molar-refractivity contribution is -0.0905. The van der Waals surface area contributed by atoms with Crippen LogP contribution in [0.2, 0.25) is 0 Å². The fourth-order valence-electron chi connectivity index (χ4n) is 2.01. The van der Waals surface area contributed by atoms with E-state index in [2.05, 4.69) is 4.74 Å². The van der Waals surface area contributed by atoms with Gasteiger partial charge < -0.3 is 4.74 Å². The molecule has 0 aliphatic carbocycles. The molecule has 1 aromatic rings. The lowest BCUT2D eigenvalue weighted by Crippen LogP contribution is -2.26. The number of rotatable bonds is 5. The molecule has 1 aliphatic heterocycles. The standard InChI is InChI=1S/C15H15F5OS3/c1-22-11-7-23-13(24-8-11)12(15(18,19)20)6-9-2-4-10(5-3-9)21-14(16)17/h2-6,11,13-14H,7-8H2,1H3/b12-6-. The Hall–Kier alpha value is -0.540. The summed E-state index contributed by atoms with van der Waals surface area (Å²) in [5.74, 6) is 1.26. The second kappa shape index (κ2) is 8.71. The molecule has 2 rings (SSSR count). The minimum absolute atomic E-state index is 0.0834. The maximum atomic E-state index is 13.4. The largest absolute Gasteiger partial charge is 0.435 e. The van der Waals surface area contributed by atoms with Crippen LogP contribution in [0.25, 0.3) is 6.08 Å². The first-order chi connectivity index (χ1) is 11.3. The zero-order valence-electron chi connectivity index (χ0n) is 12.6. The molecule has 0 aromatic heterocycles. The zero-order valence-corrected chi connectivity index (χ0v) is 15.0. The normalized spacial score (nSPS) is 22.7. The van der Waals surface area contributed by atoms with Crippen molar-refractivity contribution in [2.75, 3.05) is 17.8 Å². The number of halogens is 5. The number of ether oxygens (including phenoxy) is 1. The van der Waals surface area contributed by atoms with Gasteiger partial charge in [-0.15, -0.1) is 23.5 Å². The van der Waals surface area contributed by atoms with Gasteiger partial charge in [0.15, 0.2) is 0 Å². The summed E-state index contributed by atoms with van der Waals surface area (Å²) < 4.78 is 67.9. The van der Waals surface area contributed by atoms with Crippen LogP contribution in [0, 0.1) is 0 Å². The SMILES string of the molecule is CSC1CSC(/C(=C/c2ccc(OC(F)F)cc2)C(F)(F)F)SC1. The molecular formula is C15H15F5OS3. The van der Waals surface area contributed by atoms with Crippen LogP contribution in [-0.2, 0) is 0 Å². The van der Waals surface area contributed by atoms with Crippen LogP contribution in [0.4, 0.5) is 22.0 Å². The Bertz CT molecular complexity index is 551. The van der Waals surface area contributed by atoms with Crippen LogP contribution in [-0.4, -0.2) is 40.4 Å². The van der Waals surface area contributed by atoms with Crippen LogP contribution < -0.4 is 4.74 Å². The van der Waals surface area contributed by atoms with E-state index in [4.69, 9.17) is 0 Å². The predicted molar refractivity (Wildman–Crippen MR) is 93.1 cm³/mol. The second-order valence-electron chi connectivity index (χ2n) is 4.90. The van der Waals surface area contributed by atoms with Crippen molar-refractivity contribution in [3.63, 3.8) is 0 Å². The van der Waals surface area contributed by atoms with Gasteiger partial charge in [0, 0.05) is 16.8 Å². The maximum absolute atomic E-state index is 13.4. The number of hydrogen-bond donors (Lipinski definition) is 0. The molecule has 0 amide bonds. The number of alkyl halides is 5. The molecule has 1 aromatic carbocycles. The lowest BCUT2D eigenvalue weighted by Gasteiger charge is -2.29. The molecule has 0 radical (unpaired) electrons. The van der Waals surface area contributed by atoms with Crippen LogP contribution in [0.1, 0.15) is 5.56 Å². The Labute approximate surface area is 149 Å². The zero-order chi connectivity index (χ0) is 17.7. The van der Waals surface area contributed by atoms with Crippen molar-refractivity contribution in [1.29, 1.82) is 0 Å². The summed E-state index contributed by atoms with van der Waals surface area (Å²) in [5, 5.41) is 0.358. The third-order valence-corrected chi connectivity index (χ3v) is 7.75.